The minimum atomic E-state index is -0.364. The molecular formula is C12H13FN2OS. The van der Waals surface area contributed by atoms with Crippen LogP contribution in [0.4, 0.5) is 4.39 Å². The zero-order valence-electron chi connectivity index (χ0n) is 9.44. The quantitative estimate of drug-likeness (QED) is 0.909. The zero-order chi connectivity index (χ0) is 12.3. The molecule has 0 aliphatic heterocycles. The monoisotopic (exact) mass is 252 g/mol. The molecule has 0 atom stereocenters. The maximum atomic E-state index is 13.6. The maximum absolute atomic E-state index is 13.6. The highest BCUT2D eigenvalue weighted by atomic mass is 32.1. The Hall–Kier alpha value is -1.46. The first-order chi connectivity index (χ1) is 8.26. The third-order valence-corrected chi connectivity index (χ3v) is 3.35. The molecule has 0 radical (unpaired) electrons. The number of aromatic nitrogens is 1. The van der Waals surface area contributed by atoms with Crippen molar-refractivity contribution in [1.29, 1.82) is 0 Å². The summed E-state index contributed by atoms with van der Waals surface area (Å²) in [7, 11) is 1.45. The van der Waals surface area contributed by atoms with Gasteiger partial charge in [-0.3, -0.25) is 0 Å². The van der Waals surface area contributed by atoms with Crippen molar-refractivity contribution in [3.8, 4) is 16.2 Å². The molecule has 90 valence electrons. The Morgan fingerprint density at radius 2 is 2.29 bits per heavy atom. The van der Waals surface area contributed by atoms with Crippen LogP contribution in [0.2, 0.25) is 0 Å². The Morgan fingerprint density at radius 1 is 1.47 bits per heavy atom. The van der Waals surface area contributed by atoms with Gasteiger partial charge < -0.3 is 10.5 Å². The van der Waals surface area contributed by atoms with E-state index in [0.717, 1.165) is 16.1 Å². The molecule has 0 saturated heterocycles. The minimum absolute atomic E-state index is 0.249. The fourth-order valence-electron chi connectivity index (χ4n) is 1.63. The molecule has 0 unspecified atom stereocenters. The molecule has 0 aliphatic rings. The van der Waals surface area contributed by atoms with Crippen LogP contribution in [0.25, 0.3) is 10.4 Å². The fourth-order valence-corrected chi connectivity index (χ4v) is 2.47. The van der Waals surface area contributed by atoms with E-state index in [2.05, 4.69) is 4.98 Å². The van der Waals surface area contributed by atoms with Crippen molar-refractivity contribution in [3.63, 3.8) is 0 Å². The average Bonchev–Trinajstić information content (AvgIpc) is 2.78. The van der Waals surface area contributed by atoms with Gasteiger partial charge in [0, 0.05) is 6.42 Å². The summed E-state index contributed by atoms with van der Waals surface area (Å²) in [6.07, 6.45) is 0.701. The Balaban J connectivity index is 2.39. The number of nitrogens with zero attached hydrogens (tertiary/aromatic N) is 1. The molecule has 2 aromatic rings. The van der Waals surface area contributed by atoms with Crippen LogP contribution < -0.4 is 10.5 Å². The lowest BCUT2D eigenvalue weighted by atomic mass is 10.1. The molecule has 3 nitrogen and oxygen atoms in total. The van der Waals surface area contributed by atoms with Gasteiger partial charge in [0.05, 0.1) is 23.2 Å². The van der Waals surface area contributed by atoms with Crippen LogP contribution in [0.3, 0.4) is 0 Å². The normalized spacial score (nSPS) is 10.5. The van der Waals surface area contributed by atoms with Gasteiger partial charge in [-0.05, 0) is 30.3 Å². The number of methoxy groups -OCH3 is 1. The molecule has 0 amide bonds. The van der Waals surface area contributed by atoms with Crippen molar-refractivity contribution >= 4 is 11.3 Å². The Morgan fingerprint density at radius 3 is 2.94 bits per heavy atom. The van der Waals surface area contributed by atoms with Crippen LogP contribution in [-0.4, -0.2) is 18.6 Å². The summed E-state index contributed by atoms with van der Waals surface area (Å²) < 4.78 is 18.5. The lowest BCUT2D eigenvalue weighted by Gasteiger charge is -2.05. The summed E-state index contributed by atoms with van der Waals surface area (Å²) in [6, 6.07) is 4.92. The second kappa shape index (κ2) is 5.25. The van der Waals surface area contributed by atoms with E-state index < -0.39 is 0 Å². The highest BCUT2D eigenvalue weighted by Crippen LogP contribution is 2.30. The number of hydrogen-bond acceptors (Lipinski definition) is 4. The topological polar surface area (TPSA) is 48.1 Å². The predicted molar refractivity (Wildman–Crippen MR) is 66.8 cm³/mol. The first-order valence-electron chi connectivity index (χ1n) is 5.22. The third kappa shape index (κ3) is 2.45. The largest absolute Gasteiger partial charge is 0.494 e. The SMILES string of the molecule is COc1ccc(-c2scnc2CCN)cc1F. The predicted octanol–water partition coefficient (Wildman–Crippen LogP) is 2.46. The summed E-state index contributed by atoms with van der Waals surface area (Å²) in [5.41, 5.74) is 9.00. The maximum Gasteiger partial charge on any atom is 0.165 e. The van der Waals surface area contributed by atoms with Gasteiger partial charge in [-0.2, -0.15) is 0 Å². The van der Waals surface area contributed by atoms with Crippen molar-refractivity contribution in [2.45, 2.75) is 6.42 Å². The van der Waals surface area contributed by atoms with E-state index in [9.17, 15) is 4.39 Å². The van der Waals surface area contributed by atoms with E-state index in [0.29, 0.717) is 13.0 Å². The number of nitrogens with two attached hydrogens (primary N) is 1. The molecule has 0 aliphatic carbocycles. The van der Waals surface area contributed by atoms with E-state index in [1.165, 1.54) is 24.5 Å². The van der Waals surface area contributed by atoms with Crippen molar-refractivity contribution in [2.75, 3.05) is 13.7 Å². The molecule has 0 saturated carbocycles. The molecule has 17 heavy (non-hydrogen) atoms. The van der Waals surface area contributed by atoms with Gasteiger partial charge in [-0.25, -0.2) is 9.37 Å². The smallest absolute Gasteiger partial charge is 0.165 e. The summed E-state index contributed by atoms with van der Waals surface area (Å²) in [5.74, 6) is -0.115. The van der Waals surface area contributed by atoms with Crippen LogP contribution in [0, 0.1) is 5.82 Å². The molecule has 1 heterocycles. The van der Waals surface area contributed by atoms with Gasteiger partial charge in [0.1, 0.15) is 0 Å². The molecule has 0 spiro atoms. The summed E-state index contributed by atoms with van der Waals surface area (Å²) >= 11 is 1.49. The molecule has 5 heteroatoms. The van der Waals surface area contributed by atoms with Gasteiger partial charge in [-0.15, -0.1) is 11.3 Å². The van der Waals surface area contributed by atoms with Crippen molar-refractivity contribution < 1.29 is 9.13 Å². The fraction of sp³-hybridized carbons (Fsp3) is 0.250. The first kappa shape index (κ1) is 12.0. The number of thiazole rings is 1. The molecule has 1 aromatic heterocycles. The second-order valence-electron chi connectivity index (χ2n) is 3.52. The lowest BCUT2D eigenvalue weighted by Crippen LogP contribution is -2.03. The Bertz CT molecular complexity index is 513. The minimum Gasteiger partial charge on any atom is -0.494 e. The summed E-state index contributed by atoms with van der Waals surface area (Å²) in [5, 5.41) is 0. The van der Waals surface area contributed by atoms with Gasteiger partial charge in [0.2, 0.25) is 0 Å². The third-order valence-electron chi connectivity index (χ3n) is 2.44. The molecule has 0 fully saturated rings. The van der Waals surface area contributed by atoms with Crippen LogP contribution >= 0.6 is 11.3 Å². The standard InChI is InChI=1S/C12H13FN2OS/c1-16-11-3-2-8(6-9(11)13)12-10(4-5-14)15-7-17-12/h2-3,6-7H,4-5,14H2,1H3. The lowest BCUT2D eigenvalue weighted by molar-refractivity contribution is 0.386. The Labute approximate surface area is 103 Å². The number of hydrogen-bond donors (Lipinski definition) is 1. The number of benzene rings is 1. The summed E-state index contributed by atoms with van der Waals surface area (Å²) in [4.78, 5) is 5.21. The van der Waals surface area contributed by atoms with Gasteiger partial charge in [0.25, 0.3) is 0 Å². The van der Waals surface area contributed by atoms with Gasteiger partial charge in [-0.1, -0.05) is 0 Å². The number of halogens is 1. The van der Waals surface area contributed by atoms with Crippen LogP contribution in [0.1, 0.15) is 5.69 Å². The highest BCUT2D eigenvalue weighted by molar-refractivity contribution is 7.13. The van der Waals surface area contributed by atoms with Crippen molar-refractivity contribution in [3.05, 3.63) is 35.2 Å². The van der Waals surface area contributed by atoms with Crippen LogP contribution in [0.15, 0.2) is 23.7 Å². The van der Waals surface area contributed by atoms with E-state index in [1.54, 1.807) is 11.6 Å². The number of ether oxygens (including phenoxy) is 1. The van der Waals surface area contributed by atoms with E-state index in [4.69, 9.17) is 10.5 Å². The first-order valence-corrected chi connectivity index (χ1v) is 6.10. The zero-order valence-corrected chi connectivity index (χ0v) is 10.3. The average molecular weight is 252 g/mol. The van der Waals surface area contributed by atoms with Gasteiger partial charge in [0.15, 0.2) is 11.6 Å². The number of rotatable bonds is 4. The van der Waals surface area contributed by atoms with Crippen molar-refractivity contribution in [1.82, 2.24) is 4.98 Å². The van der Waals surface area contributed by atoms with E-state index in [1.807, 2.05) is 6.07 Å². The Kier molecular flexibility index (Phi) is 3.71. The molecule has 0 bridgehead atoms. The molecule has 2 N–H and O–H groups in total. The molecular weight excluding hydrogens is 239 g/mol. The van der Waals surface area contributed by atoms with Crippen LogP contribution in [0.5, 0.6) is 5.75 Å². The van der Waals surface area contributed by atoms with Crippen molar-refractivity contribution in [2.24, 2.45) is 5.73 Å². The van der Waals surface area contributed by atoms with E-state index in [-0.39, 0.29) is 11.6 Å². The van der Waals surface area contributed by atoms with Crippen LogP contribution in [-0.2, 0) is 6.42 Å². The second-order valence-corrected chi connectivity index (χ2v) is 4.37. The highest BCUT2D eigenvalue weighted by Gasteiger charge is 2.10. The molecule has 1 aromatic carbocycles. The summed E-state index contributed by atoms with van der Waals surface area (Å²) in [6.45, 7) is 0.537. The molecule has 2 rings (SSSR count). The van der Waals surface area contributed by atoms with Gasteiger partial charge >= 0.3 is 0 Å². The van der Waals surface area contributed by atoms with E-state index >= 15 is 0 Å².